The summed E-state index contributed by atoms with van der Waals surface area (Å²) in [5.41, 5.74) is 0. The van der Waals surface area contributed by atoms with Gasteiger partial charge >= 0.3 is 0 Å². The van der Waals surface area contributed by atoms with Crippen LogP contribution in [0.2, 0.25) is 0 Å². The molecule has 0 saturated heterocycles. The van der Waals surface area contributed by atoms with Gasteiger partial charge in [0.25, 0.3) is 0 Å². The highest BCUT2D eigenvalue weighted by atomic mass is 32.2. The topological polar surface area (TPSA) is 66.4 Å². The number of aliphatic hydroxyl groups is 1. The molecule has 11 heavy (non-hydrogen) atoms. The smallest absolute Gasteiger partial charge is 0.208 e. The van der Waals surface area contributed by atoms with Crippen LogP contribution >= 0.6 is 0 Å². The molecule has 0 rings (SSSR count). The zero-order valence-corrected chi connectivity index (χ0v) is 7.85. The van der Waals surface area contributed by atoms with E-state index in [0.717, 1.165) is 6.26 Å². The molecule has 4 nitrogen and oxygen atoms in total. The van der Waals surface area contributed by atoms with Crippen LogP contribution in [-0.2, 0) is 10.0 Å². The second-order valence-corrected chi connectivity index (χ2v) is 4.76. The summed E-state index contributed by atoms with van der Waals surface area (Å²) in [5.74, 6) is 0.0734. The van der Waals surface area contributed by atoms with Gasteiger partial charge in [-0.2, -0.15) is 0 Å². The Bertz CT molecular complexity index is 198. The van der Waals surface area contributed by atoms with Crippen molar-refractivity contribution in [3.63, 3.8) is 0 Å². The van der Waals surface area contributed by atoms with Crippen LogP contribution in [0.25, 0.3) is 0 Å². The monoisotopic (exact) mass is 181 g/mol. The van der Waals surface area contributed by atoms with Gasteiger partial charge in [0, 0.05) is 6.54 Å². The van der Waals surface area contributed by atoms with Crippen LogP contribution in [-0.4, -0.2) is 32.4 Å². The summed E-state index contributed by atoms with van der Waals surface area (Å²) in [7, 11) is -3.16. The molecule has 0 aliphatic heterocycles. The van der Waals surface area contributed by atoms with E-state index in [1.807, 2.05) is 13.8 Å². The molecular formula is C6H15NO3S. The molecule has 0 bridgehead atoms. The predicted molar refractivity (Wildman–Crippen MR) is 43.7 cm³/mol. The van der Waals surface area contributed by atoms with Crippen molar-refractivity contribution in [2.45, 2.75) is 20.0 Å². The molecule has 0 fully saturated rings. The Morgan fingerprint density at radius 2 is 1.91 bits per heavy atom. The van der Waals surface area contributed by atoms with E-state index >= 15 is 0 Å². The average molecular weight is 181 g/mol. The Kier molecular flexibility index (Phi) is 3.99. The van der Waals surface area contributed by atoms with E-state index in [1.165, 1.54) is 0 Å². The third kappa shape index (κ3) is 6.28. The van der Waals surface area contributed by atoms with Crippen LogP contribution in [0, 0.1) is 5.92 Å². The van der Waals surface area contributed by atoms with E-state index in [4.69, 9.17) is 5.11 Å². The summed E-state index contributed by atoms with van der Waals surface area (Å²) in [5, 5.41) is 9.16. The van der Waals surface area contributed by atoms with Gasteiger partial charge in [-0.15, -0.1) is 0 Å². The van der Waals surface area contributed by atoms with Crippen LogP contribution in [0.15, 0.2) is 0 Å². The standard InChI is InChI=1S/C6H15NO3S/c1-5(2)6(8)4-7-11(3,9)10/h5-8H,4H2,1-3H3. The highest BCUT2D eigenvalue weighted by Gasteiger charge is 2.10. The highest BCUT2D eigenvalue weighted by Crippen LogP contribution is 1.98. The van der Waals surface area contributed by atoms with Gasteiger partial charge in [-0.05, 0) is 5.92 Å². The molecule has 2 N–H and O–H groups in total. The van der Waals surface area contributed by atoms with Crippen LogP contribution in [0.3, 0.4) is 0 Å². The van der Waals surface area contributed by atoms with Gasteiger partial charge in [-0.1, -0.05) is 13.8 Å². The molecule has 1 atom stereocenters. The van der Waals surface area contributed by atoms with Crippen molar-refractivity contribution < 1.29 is 13.5 Å². The van der Waals surface area contributed by atoms with Gasteiger partial charge in [-0.25, -0.2) is 13.1 Å². The Labute approximate surface area is 67.7 Å². The largest absolute Gasteiger partial charge is 0.391 e. The first-order valence-electron chi connectivity index (χ1n) is 3.45. The summed E-state index contributed by atoms with van der Waals surface area (Å²) in [6.07, 6.45) is 0.463. The van der Waals surface area contributed by atoms with Crippen molar-refractivity contribution in [3.8, 4) is 0 Å². The SMILES string of the molecule is CC(C)C(O)CNS(C)(=O)=O. The molecule has 0 heterocycles. The number of hydrogen-bond acceptors (Lipinski definition) is 3. The minimum absolute atomic E-state index is 0.0734. The first kappa shape index (κ1) is 10.9. The molecule has 0 spiro atoms. The molecule has 0 aromatic heterocycles. The predicted octanol–water partition coefficient (Wildman–Crippen LogP) is -0.448. The molecule has 0 radical (unpaired) electrons. The second-order valence-electron chi connectivity index (χ2n) is 2.93. The summed E-state index contributed by atoms with van der Waals surface area (Å²) in [6, 6.07) is 0. The van der Waals surface area contributed by atoms with Gasteiger partial charge in [-0.3, -0.25) is 0 Å². The lowest BCUT2D eigenvalue weighted by atomic mass is 10.1. The molecule has 0 aromatic rings. The maximum Gasteiger partial charge on any atom is 0.208 e. The van der Waals surface area contributed by atoms with Crippen LogP contribution in [0.1, 0.15) is 13.8 Å². The number of hydrogen-bond donors (Lipinski definition) is 2. The first-order chi connectivity index (χ1) is 4.83. The fourth-order valence-electron chi connectivity index (χ4n) is 0.472. The number of nitrogens with one attached hydrogen (secondary N) is 1. The fourth-order valence-corrected chi connectivity index (χ4v) is 0.946. The number of aliphatic hydroxyl groups excluding tert-OH is 1. The third-order valence-corrected chi connectivity index (χ3v) is 2.02. The van der Waals surface area contributed by atoms with Crippen LogP contribution in [0.4, 0.5) is 0 Å². The Hall–Kier alpha value is -0.130. The Morgan fingerprint density at radius 1 is 1.45 bits per heavy atom. The average Bonchev–Trinajstić information content (AvgIpc) is 1.80. The molecule has 0 aromatic carbocycles. The summed E-state index contributed by atoms with van der Waals surface area (Å²) >= 11 is 0. The Balaban J connectivity index is 3.72. The lowest BCUT2D eigenvalue weighted by Gasteiger charge is -2.13. The maximum absolute atomic E-state index is 10.5. The van der Waals surface area contributed by atoms with Gasteiger partial charge < -0.3 is 5.11 Å². The number of sulfonamides is 1. The van der Waals surface area contributed by atoms with Gasteiger partial charge in [0.1, 0.15) is 0 Å². The second kappa shape index (κ2) is 4.04. The Morgan fingerprint density at radius 3 is 2.18 bits per heavy atom. The molecule has 0 aliphatic carbocycles. The van der Waals surface area contributed by atoms with Crippen molar-refractivity contribution >= 4 is 10.0 Å². The number of rotatable bonds is 4. The normalized spacial score (nSPS) is 15.4. The molecule has 1 unspecified atom stereocenters. The lowest BCUT2D eigenvalue weighted by Crippen LogP contribution is -2.33. The summed E-state index contributed by atoms with van der Waals surface area (Å²) in [4.78, 5) is 0. The maximum atomic E-state index is 10.5. The van der Waals surface area contributed by atoms with Crippen molar-refractivity contribution in [3.05, 3.63) is 0 Å². The molecule has 5 heteroatoms. The van der Waals surface area contributed by atoms with Crippen molar-refractivity contribution in [1.29, 1.82) is 0 Å². The van der Waals surface area contributed by atoms with Crippen molar-refractivity contribution in [2.75, 3.05) is 12.8 Å². The fraction of sp³-hybridized carbons (Fsp3) is 1.00. The van der Waals surface area contributed by atoms with Crippen molar-refractivity contribution in [2.24, 2.45) is 5.92 Å². The minimum atomic E-state index is -3.16. The zero-order valence-electron chi connectivity index (χ0n) is 7.03. The van der Waals surface area contributed by atoms with E-state index in [1.54, 1.807) is 0 Å². The molecule has 0 amide bonds. The quantitative estimate of drug-likeness (QED) is 0.617. The van der Waals surface area contributed by atoms with Crippen LogP contribution < -0.4 is 4.72 Å². The lowest BCUT2D eigenvalue weighted by molar-refractivity contribution is 0.129. The van der Waals surface area contributed by atoms with E-state index in [0.29, 0.717) is 0 Å². The van der Waals surface area contributed by atoms with Gasteiger partial charge in [0.05, 0.1) is 12.4 Å². The first-order valence-corrected chi connectivity index (χ1v) is 5.35. The van der Waals surface area contributed by atoms with Gasteiger partial charge in [0.15, 0.2) is 0 Å². The van der Waals surface area contributed by atoms with E-state index in [-0.39, 0.29) is 12.5 Å². The molecule has 68 valence electrons. The van der Waals surface area contributed by atoms with Gasteiger partial charge in [0.2, 0.25) is 10.0 Å². The van der Waals surface area contributed by atoms with E-state index < -0.39 is 16.1 Å². The molecular weight excluding hydrogens is 166 g/mol. The summed E-state index contributed by atoms with van der Waals surface area (Å²) in [6.45, 7) is 3.75. The highest BCUT2D eigenvalue weighted by molar-refractivity contribution is 7.88. The molecule has 0 aliphatic rings. The zero-order chi connectivity index (χ0) is 9.07. The third-order valence-electron chi connectivity index (χ3n) is 1.32. The van der Waals surface area contributed by atoms with E-state index in [2.05, 4.69) is 4.72 Å². The van der Waals surface area contributed by atoms with E-state index in [9.17, 15) is 8.42 Å². The molecule has 0 saturated carbocycles. The van der Waals surface area contributed by atoms with Crippen molar-refractivity contribution in [1.82, 2.24) is 4.72 Å². The summed E-state index contributed by atoms with van der Waals surface area (Å²) < 4.78 is 23.3. The minimum Gasteiger partial charge on any atom is -0.391 e. The van der Waals surface area contributed by atoms with Crippen LogP contribution in [0.5, 0.6) is 0 Å².